The van der Waals surface area contributed by atoms with Crippen molar-refractivity contribution in [3.05, 3.63) is 29.3 Å². The molecule has 2 unspecified atom stereocenters. The smallest absolute Gasteiger partial charge is 0.227 e. The molecule has 0 radical (unpaired) electrons. The molecule has 2 N–H and O–H groups in total. The number of hydrogen-bond acceptors (Lipinski definition) is 2. The van der Waals surface area contributed by atoms with E-state index in [0.717, 1.165) is 31.6 Å². The van der Waals surface area contributed by atoms with E-state index in [1.807, 2.05) is 6.07 Å². The molecule has 3 heteroatoms. The van der Waals surface area contributed by atoms with Gasteiger partial charge in [-0.15, -0.1) is 0 Å². The lowest BCUT2D eigenvalue weighted by Crippen LogP contribution is -2.24. The van der Waals surface area contributed by atoms with Gasteiger partial charge in [-0.1, -0.05) is 13.0 Å². The van der Waals surface area contributed by atoms with Crippen LogP contribution >= 0.6 is 0 Å². The Kier molecular flexibility index (Phi) is 2.63. The van der Waals surface area contributed by atoms with E-state index in [1.165, 1.54) is 11.1 Å². The Labute approximate surface area is 102 Å². The molecule has 17 heavy (non-hydrogen) atoms. The fourth-order valence-corrected chi connectivity index (χ4v) is 2.48. The number of carbonyl (C=O) groups excluding carboxylic acids is 1. The van der Waals surface area contributed by atoms with Crippen molar-refractivity contribution >= 4 is 11.6 Å². The summed E-state index contributed by atoms with van der Waals surface area (Å²) in [7, 11) is 0. The summed E-state index contributed by atoms with van der Waals surface area (Å²) in [6, 6.07) is 6.27. The highest BCUT2D eigenvalue weighted by Crippen LogP contribution is 2.38. The fourth-order valence-electron chi connectivity index (χ4n) is 2.48. The Bertz CT molecular complexity index is 456. The summed E-state index contributed by atoms with van der Waals surface area (Å²) in [4.78, 5) is 11.8. The number of hydrogen-bond donors (Lipinski definition) is 2. The molecule has 0 aromatic heterocycles. The van der Waals surface area contributed by atoms with E-state index in [1.54, 1.807) is 0 Å². The molecule has 3 nitrogen and oxygen atoms in total. The number of fused-ring (bicyclic) bond motifs is 1. The SMILES string of the molecule is CC1CC1C(=O)Nc1ccc2c(c1)CNCC2. The molecule has 0 saturated heterocycles. The summed E-state index contributed by atoms with van der Waals surface area (Å²) in [5.41, 5.74) is 3.66. The summed E-state index contributed by atoms with van der Waals surface area (Å²) in [5, 5.41) is 6.37. The first-order chi connectivity index (χ1) is 8.24. The molecule has 0 bridgehead atoms. The number of nitrogens with one attached hydrogen (secondary N) is 2. The molecule has 2 aliphatic rings. The maximum Gasteiger partial charge on any atom is 0.227 e. The molecular weight excluding hydrogens is 212 g/mol. The predicted octanol–water partition coefficient (Wildman–Crippen LogP) is 1.93. The van der Waals surface area contributed by atoms with Crippen LogP contribution in [0.4, 0.5) is 5.69 Å². The third-order valence-electron chi connectivity index (χ3n) is 3.81. The van der Waals surface area contributed by atoms with Gasteiger partial charge in [-0.3, -0.25) is 4.79 Å². The number of rotatable bonds is 2. The van der Waals surface area contributed by atoms with Crippen LogP contribution in [0, 0.1) is 11.8 Å². The lowest BCUT2D eigenvalue weighted by Gasteiger charge is -2.18. The number of carbonyl (C=O) groups is 1. The number of benzene rings is 1. The van der Waals surface area contributed by atoms with Crippen molar-refractivity contribution in [2.24, 2.45) is 11.8 Å². The van der Waals surface area contributed by atoms with Gasteiger partial charge in [0.2, 0.25) is 5.91 Å². The lowest BCUT2D eigenvalue weighted by molar-refractivity contribution is -0.117. The average Bonchev–Trinajstić information content (AvgIpc) is 3.06. The predicted molar refractivity (Wildman–Crippen MR) is 67.8 cm³/mol. The van der Waals surface area contributed by atoms with Crippen molar-refractivity contribution in [3.8, 4) is 0 Å². The molecule has 3 rings (SSSR count). The molecular formula is C14H18N2O. The van der Waals surface area contributed by atoms with Crippen molar-refractivity contribution < 1.29 is 4.79 Å². The van der Waals surface area contributed by atoms with E-state index in [9.17, 15) is 4.79 Å². The number of amides is 1. The van der Waals surface area contributed by atoms with Gasteiger partial charge in [0.1, 0.15) is 0 Å². The van der Waals surface area contributed by atoms with Crippen LogP contribution in [0.15, 0.2) is 18.2 Å². The van der Waals surface area contributed by atoms with Crippen molar-refractivity contribution in [1.29, 1.82) is 0 Å². The summed E-state index contributed by atoms with van der Waals surface area (Å²) in [5.74, 6) is 0.986. The summed E-state index contributed by atoms with van der Waals surface area (Å²) >= 11 is 0. The Morgan fingerprint density at radius 1 is 1.41 bits per heavy atom. The van der Waals surface area contributed by atoms with Crippen molar-refractivity contribution in [3.63, 3.8) is 0 Å². The first-order valence-electron chi connectivity index (χ1n) is 6.37. The fraction of sp³-hybridized carbons (Fsp3) is 0.500. The quantitative estimate of drug-likeness (QED) is 0.815. The highest BCUT2D eigenvalue weighted by Gasteiger charge is 2.39. The van der Waals surface area contributed by atoms with Crippen LogP contribution in [0.5, 0.6) is 0 Å². The highest BCUT2D eigenvalue weighted by molar-refractivity contribution is 5.94. The van der Waals surface area contributed by atoms with Crippen molar-refractivity contribution in [2.75, 3.05) is 11.9 Å². The van der Waals surface area contributed by atoms with Gasteiger partial charge in [-0.25, -0.2) is 0 Å². The maximum absolute atomic E-state index is 11.8. The molecule has 1 fully saturated rings. The molecule has 1 aromatic carbocycles. The average molecular weight is 230 g/mol. The van der Waals surface area contributed by atoms with Crippen LogP contribution in [0.3, 0.4) is 0 Å². The van der Waals surface area contributed by atoms with Crippen molar-refractivity contribution in [1.82, 2.24) is 5.32 Å². The highest BCUT2D eigenvalue weighted by atomic mass is 16.2. The Morgan fingerprint density at radius 3 is 3.00 bits per heavy atom. The Balaban J connectivity index is 1.73. The first-order valence-corrected chi connectivity index (χ1v) is 6.37. The second-order valence-corrected chi connectivity index (χ2v) is 5.22. The molecule has 1 amide bonds. The molecule has 2 atom stereocenters. The van der Waals surface area contributed by atoms with Crippen LogP contribution in [0.2, 0.25) is 0 Å². The first kappa shape index (κ1) is 10.8. The molecule has 1 saturated carbocycles. The van der Waals surface area contributed by atoms with Gasteiger partial charge < -0.3 is 10.6 Å². The standard InChI is InChI=1S/C14H18N2O/c1-9-6-13(9)14(17)16-12-3-2-10-4-5-15-8-11(10)7-12/h2-3,7,9,13,15H,4-6,8H2,1H3,(H,16,17). The zero-order chi connectivity index (χ0) is 11.8. The summed E-state index contributed by atoms with van der Waals surface area (Å²) in [6.07, 6.45) is 2.13. The van der Waals surface area contributed by atoms with Gasteiger partial charge >= 0.3 is 0 Å². The molecule has 1 aliphatic heterocycles. The van der Waals surface area contributed by atoms with Gasteiger partial charge in [-0.2, -0.15) is 0 Å². The number of anilines is 1. The molecule has 0 spiro atoms. The summed E-state index contributed by atoms with van der Waals surface area (Å²) < 4.78 is 0. The lowest BCUT2D eigenvalue weighted by atomic mass is 10.0. The third-order valence-corrected chi connectivity index (χ3v) is 3.81. The van der Waals surface area contributed by atoms with E-state index < -0.39 is 0 Å². The van der Waals surface area contributed by atoms with Crippen LogP contribution in [-0.4, -0.2) is 12.5 Å². The van der Waals surface area contributed by atoms with Crippen LogP contribution in [0.25, 0.3) is 0 Å². The zero-order valence-electron chi connectivity index (χ0n) is 10.1. The van der Waals surface area contributed by atoms with Gasteiger partial charge in [-0.05, 0) is 48.6 Å². The monoisotopic (exact) mass is 230 g/mol. The van der Waals surface area contributed by atoms with Crippen LogP contribution in [0.1, 0.15) is 24.5 Å². The topological polar surface area (TPSA) is 41.1 Å². The van der Waals surface area contributed by atoms with Gasteiger partial charge in [0, 0.05) is 18.2 Å². The van der Waals surface area contributed by atoms with Gasteiger partial charge in [0.05, 0.1) is 0 Å². The summed E-state index contributed by atoms with van der Waals surface area (Å²) in [6.45, 7) is 4.10. The van der Waals surface area contributed by atoms with Gasteiger partial charge in [0.25, 0.3) is 0 Å². The van der Waals surface area contributed by atoms with E-state index in [4.69, 9.17) is 0 Å². The Morgan fingerprint density at radius 2 is 2.24 bits per heavy atom. The molecule has 90 valence electrons. The molecule has 1 aromatic rings. The minimum atomic E-state index is 0.182. The minimum Gasteiger partial charge on any atom is -0.326 e. The maximum atomic E-state index is 11.8. The normalized spacial score (nSPS) is 26.2. The zero-order valence-corrected chi connectivity index (χ0v) is 10.1. The molecule has 1 aliphatic carbocycles. The molecule has 1 heterocycles. The second kappa shape index (κ2) is 4.15. The van der Waals surface area contributed by atoms with E-state index in [2.05, 4.69) is 29.7 Å². The Hall–Kier alpha value is -1.35. The van der Waals surface area contributed by atoms with Crippen LogP contribution in [-0.2, 0) is 17.8 Å². The van der Waals surface area contributed by atoms with E-state index >= 15 is 0 Å². The largest absolute Gasteiger partial charge is 0.326 e. The minimum absolute atomic E-state index is 0.182. The second-order valence-electron chi connectivity index (χ2n) is 5.22. The van der Waals surface area contributed by atoms with Crippen LogP contribution < -0.4 is 10.6 Å². The third kappa shape index (κ3) is 2.20. The van der Waals surface area contributed by atoms with Crippen molar-refractivity contribution in [2.45, 2.75) is 26.3 Å². The van der Waals surface area contributed by atoms with E-state index in [-0.39, 0.29) is 11.8 Å². The van der Waals surface area contributed by atoms with E-state index in [0.29, 0.717) is 5.92 Å². The van der Waals surface area contributed by atoms with Gasteiger partial charge in [0.15, 0.2) is 0 Å².